The maximum absolute atomic E-state index is 11.4. The molecule has 0 radical (unpaired) electrons. The van der Waals surface area contributed by atoms with E-state index in [2.05, 4.69) is 37.0 Å². The zero-order chi connectivity index (χ0) is 23.4. The second-order valence-corrected chi connectivity index (χ2v) is 12.1. The summed E-state index contributed by atoms with van der Waals surface area (Å²) >= 11 is 0. The third-order valence-corrected chi connectivity index (χ3v) is 10.3. The van der Waals surface area contributed by atoms with Crippen LogP contribution in [0, 0.1) is 11.3 Å². The van der Waals surface area contributed by atoms with Gasteiger partial charge in [-0.3, -0.25) is 4.90 Å². The van der Waals surface area contributed by atoms with Crippen LogP contribution in [0.4, 0.5) is 0 Å². The highest BCUT2D eigenvalue weighted by Crippen LogP contribution is 2.77. The lowest BCUT2D eigenvalue weighted by molar-refractivity contribution is -0.299. The minimum atomic E-state index is -0.841. The van der Waals surface area contributed by atoms with Crippen LogP contribution in [0.2, 0.25) is 0 Å². The molecule has 4 fully saturated rings. The van der Waals surface area contributed by atoms with Crippen molar-refractivity contribution in [1.29, 1.82) is 0 Å². The van der Waals surface area contributed by atoms with Crippen LogP contribution in [0.15, 0.2) is 23.8 Å². The summed E-state index contributed by atoms with van der Waals surface area (Å²) in [7, 11) is 3.58. The van der Waals surface area contributed by atoms with Gasteiger partial charge in [0.15, 0.2) is 11.5 Å². The SMILES string of the molecule is COc1ccc2c3c1O[C@H]1[C@@]4(OC)CC[C@@]5(C[C@@H]4C(C)(C)O)[C@@H](C2)N(CC=C(C)C)CC[C@]315. The van der Waals surface area contributed by atoms with Crippen LogP contribution < -0.4 is 9.47 Å². The third kappa shape index (κ3) is 2.44. The van der Waals surface area contributed by atoms with Crippen LogP contribution in [0.25, 0.3) is 0 Å². The number of benzene rings is 1. The molecule has 2 aliphatic heterocycles. The van der Waals surface area contributed by atoms with Crippen LogP contribution in [0.5, 0.6) is 11.5 Å². The monoisotopic (exact) mass is 453 g/mol. The van der Waals surface area contributed by atoms with Crippen molar-refractivity contribution in [2.75, 3.05) is 27.3 Å². The third-order valence-electron chi connectivity index (χ3n) is 10.3. The maximum Gasteiger partial charge on any atom is 0.165 e. The quantitative estimate of drug-likeness (QED) is 0.676. The van der Waals surface area contributed by atoms with E-state index in [9.17, 15) is 5.11 Å². The van der Waals surface area contributed by atoms with Crippen LogP contribution in [-0.2, 0) is 16.6 Å². The molecule has 5 heteroatoms. The molecule has 33 heavy (non-hydrogen) atoms. The smallest absolute Gasteiger partial charge is 0.165 e. The summed E-state index contributed by atoms with van der Waals surface area (Å²) in [5.41, 5.74) is 2.86. The van der Waals surface area contributed by atoms with E-state index in [1.54, 1.807) is 7.11 Å². The van der Waals surface area contributed by atoms with E-state index in [0.717, 1.165) is 56.7 Å². The number of nitrogens with zero attached hydrogens (tertiary/aromatic N) is 1. The van der Waals surface area contributed by atoms with Crippen molar-refractivity contribution in [2.24, 2.45) is 11.3 Å². The van der Waals surface area contributed by atoms with E-state index < -0.39 is 11.2 Å². The first-order valence-electron chi connectivity index (χ1n) is 12.7. The summed E-state index contributed by atoms with van der Waals surface area (Å²) in [6.07, 6.45) is 7.44. The Bertz CT molecular complexity index is 1020. The number of rotatable bonds is 5. The van der Waals surface area contributed by atoms with E-state index in [0.29, 0.717) is 6.04 Å². The van der Waals surface area contributed by atoms with Crippen molar-refractivity contribution in [1.82, 2.24) is 4.90 Å². The lowest BCUT2D eigenvalue weighted by atomic mass is 9.34. The van der Waals surface area contributed by atoms with Gasteiger partial charge in [-0.1, -0.05) is 17.7 Å². The molecule has 5 nitrogen and oxygen atoms in total. The summed E-state index contributed by atoms with van der Waals surface area (Å²) in [5.74, 6) is 1.80. The largest absolute Gasteiger partial charge is 0.493 e. The molecule has 0 aromatic heterocycles. The van der Waals surface area contributed by atoms with Gasteiger partial charge in [0, 0.05) is 42.0 Å². The molecule has 0 amide bonds. The zero-order valence-electron chi connectivity index (χ0n) is 21.0. The minimum absolute atomic E-state index is 0.0228. The first kappa shape index (κ1) is 21.9. The molecule has 1 aromatic rings. The molecule has 4 bridgehead atoms. The summed E-state index contributed by atoms with van der Waals surface area (Å²) in [5, 5.41) is 11.4. The van der Waals surface area contributed by atoms with Crippen molar-refractivity contribution < 1.29 is 19.3 Å². The van der Waals surface area contributed by atoms with Crippen molar-refractivity contribution >= 4 is 0 Å². The lowest BCUT2D eigenvalue weighted by Gasteiger charge is -2.74. The summed E-state index contributed by atoms with van der Waals surface area (Å²) in [4.78, 5) is 2.73. The average Bonchev–Trinajstić information content (AvgIpc) is 3.14. The number of fused-ring (bicyclic) bond motifs is 2. The van der Waals surface area contributed by atoms with E-state index in [1.807, 2.05) is 21.0 Å². The Morgan fingerprint density at radius 1 is 1.24 bits per heavy atom. The van der Waals surface area contributed by atoms with Gasteiger partial charge in [0.25, 0.3) is 0 Å². The summed E-state index contributed by atoms with van der Waals surface area (Å²) < 4.78 is 19.3. The zero-order valence-corrected chi connectivity index (χ0v) is 21.0. The van der Waals surface area contributed by atoms with Crippen LogP contribution in [0.1, 0.15) is 64.5 Å². The summed E-state index contributed by atoms with van der Waals surface area (Å²) in [6, 6.07) is 4.82. The number of ether oxygens (including phenoxy) is 3. The standard InChI is InChI=1S/C28H39NO4/c1-17(2)9-13-29-14-12-27-22-18-7-8-19(31-5)23(22)33-24(27)28(32-6)11-10-26(27,21(29)15-18)16-20(28)25(3,4)30/h7-9,20-21,24,30H,10-16H2,1-6H3/t20-,21-,24-,26-,27+,28-/m1/s1. The maximum atomic E-state index is 11.4. The lowest BCUT2D eigenvalue weighted by Crippen LogP contribution is -2.82. The molecule has 180 valence electrons. The normalized spacial score (nSPS) is 40.3. The number of allylic oxidation sites excluding steroid dienone is 1. The van der Waals surface area contributed by atoms with Gasteiger partial charge in [-0.2, -0.15) is 0 Å². The molecular formula is C28H39NO4. The number of methoxy groups -OCH3 is 2. The Labute approximate surface area is 198 Å². The Morgan fingerprint density at radius 2 is 2.03 bits per heavy atom. The predicted octanol–water partition coefficient (Wildman–Crippen LogP) is 4.25. The van der Waals surface area contributed by atoms with Gasteiger partial charge < -0.3 is 19.3 Å². The minimum Gasteiger partial charge on any atom is -0.493 e. The van der Waals surface area contributed by atoms with E-state index in [1.165, 1.54) is 16.7 Å². The van der Waals surface area contributed by atoms with Gasteiger partial charge in [0.2, 0.25) is 0 Å². The van der Waals surface area contributed by atoms with E-state index in [-0.39, 0.29) is 22.9 Å². The van der Waals surface area contributed by atoms with Crippen LogP contribution in [-0.4, -0.2) is 60.7 Å². The number of piperidine rings is 1. The second-order valence-electron chi connectivity index (χ2n) is 12.1. The Balaban J connectivity index is 1.61. The molecule has 2 spiro atoms. The van der Waals surface area contributed by atoms with Crippen LogP contribution >= 0.6 is 0 Å². The molecule has 7 rings (SSSR count). The molecule has 0 unspecified atom stereocenters. The Morgan fingerprint density at radius 3 is 2.70 bits per heavy atom. The van der Waals surface area contributed by atoms with E-state index >= 15 is 0 Å². The number of aliphatic hydroxyl groups is 1. The second kappa shape index (κ2) is 6.77. The molecule has 4 aliphatic carbocycles. The van der Waals surface area contributed by atoms with Gasteiger partial charge in [-0.05, 0) is 78.0 Å². The fourth-order valence-corrected chi connectivity index (χ4v) is 9.05. The van der Waals surface area contributed by atoms with Crippen molar-refractivity contribution in [2.45, 2.75) is 88.6 Å². The van der Waals surface area contributed by atoms with Crippen molar-refractivity contribution in [3.8, 4) is 11.5 Å². The number of hydrogen-bond acceptors (Lipinski definition) is 5. The van der Waals surface area contributed by atoms with Gasteiger partial charge >= 0.3 is 0 Å². The number of hydrogen-bond donors (Lipinski definition) is 1. The molecule has 3 saturated carbocycles. The summed E-state index contributed by atoms with van der Waals surface area (Å²) in [6.45, 7) is 10.4. The fourth-order valence-electron chi connectivity index (χ4n) is 9.05. The molecule has 2 heterocycles. The topological polar surface area (TPSA) is 51.2 Å². The van der Waals surface area contributed by atoms with Gasteiger partial charge in [-0.15, -0.1) is 0 Å². The molecule has 1 saturated heterocycles. The highest BCUT2D eigenvalue weighted by molar-refractivity contribution is 5.63. The first-order chi connectivity index (χ1) is 15.6. The average molecular weight is 454 g/mol. The highest BCUT2D eigenvalue weighted by atomic mass is 16.6. The van der Waals surface area contributed by atoms with Crippen LogP contribution in [0.3, 0.4) is 0 Å². The Hall–Kier alpha value is -1.56. The van der Waals surface area contributed by atoms with Crippen molar-refractivity contribution in [3.05, 3.63) is 34.9 Å². The van der Waals surface area contributed by atoms with Gasteiger partial charge in [0.1, 0.15) is 11.7 Å². The predicted molar refractivity (Wildman–Crippen MR) is 128 cm³/mol. The first-order valence-corrected chi connectivity index (χ1v) is 12.7. The van der Waals surface area contributed by atoms with Crippen molar-refractivity contribution in [3.63, 3.8) is 0 Å². The fraction of sp³-hybridized carbons (Fsp3) is 0.714. The Kier molecular flexibility index (Phi) is 4.50. The molecule has 6 aliphatic rings. The molecular weight excluding hydrogens is 414 g/mol. The van der Waals surface area contributed by atoms with Gasteiger partial charge in [0.05, 0.1) is 12.7 Å². The number of likely N-dealkylation sites (tertiary alicyclic amines) is 1. The molecule has 1 N–H and O–H groups in total. The highest BCUT2D eigenvalue weighted by Gasteiger charge is 2.81. The van der Waals surface area contributed by atoms with E-state index in [4.69, 9.17) is 14.2 Å². The molecule has 6 atom stereocenters. The van der Waals surface area contributed by atoms with Gasteiger partial charge in [-0.25, -0.2) is 0 Å². The molecule has 1 aromatic carbocycles.